The Morgan fingerprint density at radius 3 is 2.65 bits per heavy atom. The summed E-state index contributed by atoms with van der Waals surface area (Å²) in [5, 5.41) is 9.21. The molecule has 0 amide bonds. The van der Waals surface area contributed by atoms with Crippen molar-refractivity contribution in [3.8, 4) is 29.0 Å². The molecule has 1 aromatic carbocycles. The molecule has 0 atom stereocenters. The van der Waals surface area contributed by atoms with Crippen LogP contribution in [0.3, 0.4) is 0 Å². The Labute approximate surface area is 180 Å². The van der Waals surface area contributed by atoms with Crippen LogP contribution in [0.4, 0.5) is 0 Å². The van der Waals surface area contributed by atoms with E-state index in [0.717, 1.165) is 16.6 Å². The molecule has 156 valence electrons. The first kappa shape index (κ1) is 20.4. The summed E-state index contributed by atoms with van der Waals surface area (Å²) >= 11 is 0. The van der Waals surface area contributed by atoms with Gasteiger partial charge in [0.05, 0.1) is 16.7 Å². The second-order valence-corrected chi connectivity index (χ2v) is 8.62. The van der Waals surface area contributed by atoms with E-state index in [4.69, 9.17) is 4.74 Å². The summed E-state index contributed by atoms with van der Waals surface area (Å²) in [7, 11) is 1.78. The van der Waals surface area contributed by atoms with E-state index in [9.17, 15) is 10.1 Å². The van der Waals surface area contributed by atoms with Gasteiger partial charge in [-0.1, -0.05) is 32.9 Å². The third kappa shape index (κ3) is 4.05. The fourth-order valence-electron chi connectivity index (χ4n) is 3.50. The smallest absolute Gasteiger partial charge is 0.328 e. The van der Waals surface area contributed by atoms with Crippen molar-refractivity contribution in [2.75, 3.05) is 0 Å². The van der Waals surface area contributed by atoms with Crippen LogP contribution in [-0.2, 0) is 13.6 Å². The van der Waals surface area contributed by atoms with Crippen LogP contribution < -0.4 is 10.4 Å². The van der Waals surface area contributed by atoms with Gasteiger partial charge in [-0.25, -0.2) is 14.8 Å². The van der Waals surface area contributed by atoms with Gasteiger partial charge >= 0.3 is 5.69 Å². The quantitative estimate of drug-likeness (QED) is 0.491. The van der Waals surface area contributed by atoms with Gasteiger partial charge in [0, 0.05) is 31.4 Å². The second kappa shape index (κ2) is 7.73. The summed E-state index contributed by atoms with van der Waals surface area (Å²) in [6.07, 6.45) is 1.54. The highest BCUT2D eigenvalue weighted by Crippen LogP contribution is 2.28. The summed E-state index contributed by atoms with van der Waals surface area (Å²) in [4.78, 5) is 21.4. The zero-order chi connectivity index (χ0) is 22.2. The summed E-state index contributed by atoms with van der Waals surface area (Å²) in [6, 6.07) is 16.7. The molecule has 0 aliphatic rings. The Morgan fingerprint density at radius 1 is 1.10 bits per heavy atom. The van der Waals surface area contributed by atoms with E-state index in [1.54, 1.807) is 36.0 Å². The van der Waals surface area contributed by atoms with Crippen molar-refractivity contribution in [1.82, 2.24) is 19.1 Å². The number of aryl methyl sites for hydroxylation is 1. The maximum Gasteiger partial charge on any atom is 0.328 e. The van der Waals surface area contributed by atoms with Crippen LogP contribution in [0.2, 0.25) is 0 Å². The molecule has 3 heterocycles. The van der Waals surface area contributed by atoms with Gasteiger partial charge in [-0.2, -0.15) is 5.26 Å². The van der Waals surface area contributed by atoms with E-state index in [-0.39, 0.29) is 16.8 Å². The molecule has 7 nitrogen and oxygen atoms in total. The molecular formula is C24H23N5O2. The summed E-state index contributed by atoms with van der Waals surface area (Å²) in [5.41, 5.74) is 3.47. The zero-order valence-corrected chi connectivity index (χ0v) is 18.0. The largest absolute Gasteiger partial charge is 0.436 e. The first-order chi connectivity index (χ1) is 14.8. The summed E-state index contributed by atoms with van der Waals surface area (Å²) in [5.74, 6) is 0.716. The molecule has 7 heteroatoms. The number of pyridine rings is 2. The third-order valence-electron chi connectivity index (χ3n) is 4.89. The topological polar surface area (TPSA) is 85.7 Å². The molecule has 0 saturated heterocycles. The molecule has 0 saturated carbocycles. The fraction of sp³-hybridized carbons (Fsp3) is 0.250. The van der Waals surface area contributed by atoms with Crippen LogP contribution >= 0.6 is 0 Å². The number of hydrogen-bond acceptors (Lipinski definition) is 5. The first-order valence-electron chi connectivity index (χ1n) is 9.96. The highest BCUT2D eigenvalue weighted by molar-refractivity contribution is 5.82. The van der Waals surface area contributed by atoms with E-state index in [0.29, 0.717) is 23.9 Å². The van der Waals surface area contributed by atoms with Crippen LogP contribution in [0.1, 0.15) is 26.5 Å². The summed E-state index contributed by atoms with van der Waals surface area (Å²) < 4.78 is 9.28. The number of fused-ring (bicyclic) bond motifs is 1. The van der Waals surface area contributed by atoms with Gasteiger partial charge in [-0.05, 0) is 35.7 Å². The van der Waals surface area contributed by atoms with Crippen molar-refractivity contribution < 1.29 is 4.74 Å². The van der Waals surface area contributed by atoms with Gasteiger partial charge < -0.3 is 4.74 Å². The van der Waals surface area contributed by atoms with Gasteiger partial charge in [0.15, 0.2) is 11.4 Å². The molecule has 0 fully saturated rings. The predicted octanol–water partition coefficient (Wildman–Crippen LogP) is 4.51. The molecule has 0 aliphatic heterocycles. The van der Waals surface area contributed by atoms with E-state index in [2.05, 4.69) is 30.7 Å². The molecule has 4 rings (SSSR count). The molecule has 4 aromatic rings. The van der Waals surface area contributed by atoms with E-state index in [1.807, 2.05) is 41.0 Å². The Balaban J connectivity index is 1.73. The lowest BCUT2D eigenvalue weighted by molar-refractivity contribution is 0.342. The van der Waals surface area contributed by atoms with Crippen LogP contribution in [0.25, 0.3) is 22.3 Å². The number of rotatable bonds is 4. The number of nitrogens with zero attached hydrogens (tertiary/aromatic N) is 5. The van der Waals surface area contributed by atoms with Crippen molar-refractivity contribution in [2.45, 2.75) is 27.3 Å². The standard InChI is InChI=1S/C24H23N5O2/c1-24(2,3)15-29-19-11-10-16(13-20(19)28(4)23(29)30)17-7-5-9-22(27-17)31-21-8-6-12-26-18(21)14-25/h5-13H,15H2,1-4H3. The van der Waals surface area contributed by atoms with Crippen LogP contribution in [0.5, 0.6) is 11.6 Å². The molecule has 0 radical (unpaired) electrons. The van der Waals surface area contributed by atoms with E-state index >= 15 is 0 Å². The first-order valence-corrected chi connectivity index (χ1v) is 9.96. The molecular weight excluding hydrogens is 390 g/mol. The number of benzene rings is 1. The number of nitriles is 1. The van der Waals surface area contributed by atoms with Gasteiger partial charge in [-0.3, -0.25) is 9.13 Å². The predicted molar refractivity (Wildman–Crippen MR) is 119 cm³/mol. The Hall–Kier alpha value is -3.92. The molecule has 3 aromatic heterocycles. The highest BCUT2D eigenvalue weighted by Gasteiger charge is 2.18. The Bertz CT molecular complexity index is 1370. The maximum atomic E-state index is 12.8. The average molecular weight is 413 g/mol. The lowest BCUT2D eigenvalue weighted by atomic mass is 9.97. The van der Waals surface area contributed by atoms with Crippen molar-refractivity contribution in [2.24, 2.45) is 12.5 Å². The summed E-state index contributed by atoms with van der Waals surface area (Å²) in [6.45, 7) is 6.97. The average Bonchev–Trinajstić information content (AvgIpc) is 2.97. The highest BCUT2D eigenvalue weighted by atomic mass is 16.5. The number of ether oxygens (including phenoxy) is 1. The van der Waals surface area contributed by atoms with Gasteiger partial charge in [-0.15, -0.1) is 0 Å². The number of imidazole rings is 1. The number of aromatic nitrogens is 4. The van der Waals surface area contributed by atoms with Crippen LogP contribution in [-0.4, -0.2) is 19.1 Å². The van der Waals surface area contributed by atoms with Crippen molar-refractivity contribution in [1.29, 1.82) is 5.26 Å². The van der Waals surface area contributed by atoms with Gasteiger partial charge in [0.2, 0.25) is 5.88 Å². The molecule has 0 unspecified atom stereocenters. The minimum atomic E-state index is -0.0345. The minimum absolute atomic E-state index is 0.0153. The fourth-order valence-corrected chi connectivity index (χ4v) is 3.50. The van der Waals surface area contributed by atoms with E-state index < -0.39 is 0 Å². The SMILES string of the molecule is Cn1c(=O)n(CC(C)(C)C)c2ccc(-c3cccc(Oc4cccnc4C#N)n3)cc21. The van der Waals surface area contributed by atoms with Crippen molar-refractivity contribution >= 4 is 11.0 Å². The molecule has 0 aliphatic carbocycles. The lowest BCUT2D eigenvalue weighted by Crippen LogP contribution is -2.27. The van der Waals surface area contributed by atoms with Crippen LogP contribution in [0.15, 0.2) is 59.5 Å². The van der Waals surface area contributed by atoms with Gasteiger partial charge in [0.1, 0.15) is 6.07 Å². The molecule has 0 bridgehead atoms. The molecule has 31 heavy (non-hydrogen) atoms. The lowest BCUT2D eigenvalue weighted by Gasteiger charge is -2.18. The molecule has 0 N–H and O–H groups in total. The minimum Gasteiger partial charge on any atom is -0.436 e. The Morgan fingerprint density at radius 2 is 1.90 bits per heavy atom. The maximum absolute atomic E-state index is 12.8. The second-order valence-electron chi connectivity index (χ2n) is 8.62. The normalized spacial score (nSPS) is 11.5. The van der Waals surface area contributed by atoms with Crippen molar-refractivity contribution in [3.05, 3.63) is 70.9 Å². The Kier molecular flexibility index (Phi) is 5.07. The monoisotopic (exact) mass is 413 g/mol. The molecule has 0 spiro atoms. The van der Waals surface area contributed by atoms with Crippen molar-refractivity contribution in [3.63, 3.8) is 0 Å². The zero-order valence-electron chi connectivity index (χ0n) is 18.0. The van der Waals surface area contributed by atoms with E-state index in [1.165, 1.54) is 0 Å². The van der Waals surface area contributed by atoms with Crippen LogP contribution in [0, 0.1) is 16.7 Å². The third-order valence-corrected chi connectivity index (χ3v) is 4.89. The number of hydrogen-bond donors (Lipinski definition) is 0. The van der Waals surface area contributed by atoms with Gasteiger partial charge in [0.25, 0.3) is 0 Å².